The number of anilines is 1. The van der Waals surface area contributed by atoms with Crippen molar-refractivity contribution in [2.24, 2.45) is 0 Å². The fourth-order valence-electron chi connectivity index (χ4n) is 2.89. The molecule has 1 aliphatic heterocycles. The molecule has 0 atom stereocenters. The molecule has 0 bridgehead atoms. The van der Waals surface area contributed by atoms with Crippen LogP contribution >= 0.6 is 11.3 Å². The average Bonchev–Trinajstić information content (AvgIpc) is 3.14. The molecule has 1 fully saturated rings. The summed E-state index contributed by atoms with van der Waals surface area (Å²) in [5.74, 6) is 0.00698. The molecule has 1 aromatic heterocycles. The Morgan fingerprint density at radius 1 is 1.16 bits per heavy atom. The molecule has 1 N–H and O–H groups in total. The summed E-state index contributed by atoms with van der Waals surface area (Å²) in [6.07, 6.45) is 0. The van der Waals surface area contributed by atoms with E-state index in [4.69, 9.17) is 0 Å². The number of carbonyl (C=O) groups is 1. The van der Waals surface area contributed by atoms with Gasteiger partial charge >= 0.3 is 0 Å². The van der Waals surface area contributed by atoms with Crippen LogP contribution in [0.1, 0.15) is 4.88 Å². The minimum atomic E-state index is -0.347. The normalized spacial score (nSPS) is 15.1. The van der Waals surface area contributed by atoms with Gasteiger partial charge in [0, 0.05) is 37.1 Å². The van der Waals surface area contributed by atoms with Gasteiger partial charge in [0.1, 0.15) is 5.69 Å². The van der Waals surface area contributed by atoms with Crippen molar-refractivity contribution in [3.63, 3.8) is 0 Å². The highest BCUT2D eigenvalue weighted by Crippen LogP contribution is 2.28. The second-order valence-electron chi connectivity index (χ2n) is 5.87. The zero-order valence-corrected chi connectivity index (χ0v) is 14.6. The third-order valence-corrected chi connectivity index (χ3v) is 5.07. The molecule has 1 aromatic carbocycles. The number of nitrogens with one attached hydrogen (secondary N) is 1. The summed E-state index contributed by atoms with van der Waals surface area (Å²) in [6.45, 7) is 3.67. The van der Waals surface area contributed by atoms with E-state index in [0.717, 1.165) is 4.88 Å². The minimum Gasteiger partial charge on any atom is -0.363 e. The van der Waals surface area contributed by atoms with Crippen molar-refractivity contribution in [1.82, 2.24) is 10.2 Å². The summed E-state index contributed by atoms with van der Waals surface area (Å²) >= 11 is 1.62. The molecule has 1 amide bonds. The predicted octanol–water partition coefficient (Wildman–Crippen LogP) is 2.09. The Bertz CT molecular complexity index is 727. The first-order chi connectivity index (χ1) is 12.1. The molecule has 2 aromatic rings. The lowest BCUT2D eigenvalue weighted by atomic mass is 10.2. The van der Waals surface area contributed by atoms with Gasteiger partial charge < -0.3 is 10.2 Å². The number of thiophene rings is 1. The molecule has 3 rings (SSSR count). The van der Waals surface area contributed by atoms with Gasteiger partial charge in [0.15, 0.2) is 0 Å². The van der Waals surface area contributed by atoms with Gasteiger partial charge in [0.25, 0.3) is 5.69 Å². The van der Waals surface area contributed by atoms with Crippen molar-refractivity contribution in [2.45, 2.75) is 6.54 Å². The topological polar surface area (TPSA) is 78.7 Å². The number of hydrogen-bond acceptors (Lipinski definition) is 6. The van der Waals surface area contributed by atoms with Gasteiger partial charge in [0.2, 0.25) is 5.91 Å². The molecular formula is C17H20N4O3S. The Morgan fingerprint density at radius 3 is 2.60 bits per heavy atom. The molecule has 7 nitrogen and oxygen atoms in total. The fraction of sp³-hybridized carbons (Fsp3) is 0.353. The molecule has 0 unspecified atom stereocenters. The molecule has 2 heterocycles. The molecular weight excluding hydrogens is 340 g/mol. The van der Waals surface area contributed by atoms with Crippen molar-refractivity contribution >= 4 is 28.6 Å². The first-order valence-corrected chi connectivity index (χ1v) is 9.01. The van der Waals surface area contributed by atoms with Crippen molar-refractivity contribution in [3.05, 3.63) is 56.8 Å². The smallest absolute Gasteiger partial charge is 0.292 e. The first kappa shape index (κ1) is 17.4. The van der Waals surface area contributed by atoms with Crippen LogP contribution in [0.4, 0.5) is 11.4 Å². The van der Waals surface area contributed by atoms with Crippen LogP contribution in [0.2, 0.25) is 0 Å². The summed E-state index contributed by atoms with van der Waals surface area (Å²) in [6, 6.07) is 10.8. The SMILES string of the molecule is O=C(CN1CCN(c2ccccc2[N+](=O)[O-])CC1)NCc1cccs1. The Balaban J connectivity index is 1.49. The number of nitrogens with zero attached hydrogens (tertiary/aromatic N) is 3. The number of nitro groups is 1. The molecule has 0 aliphatic carbocycles. The third kappa shape index (κ3) is 4.55. The van der Waals surface area contributed by atoms with Crippen LogP contribution in [0.25, 0.3) is 0 Å². The number of nitro benzene ring substituents is 1. The van der Waals surface area contributed by atoms with Crippen molar-refractivity contribution in [3.8, 4) is 0 Å². The Hall–Kier alpha value is -2.45. The van der Waals surface area contributed by atoms with Crippen LogP contribution in [-0.4, -0.2) is 48.5 Å². The molecule has 0 saturated carbocycles. The van der Waals surface area contributed by atoms with Crippen LogP contribution in [0.3, 0.4) is 0 Å². The summed E-state index contributed by atoms with van der Waals surface area (Å²) < 4.78 is 0. The molecule has 1 aliphatic rings. The molecule has 0 radical (unpaired) electrons. The van der Waals surface area contributed by atoms with Crippen LogP contribution in [0, 0.1) is 10.1 Å². The number of para-hydroxylation sites is 2. The van der Waals surface area contributed by atoms with E-state index in [1.165, 1.54) is 6.07 Å². The van der Waals surface area contributed by atoms with E-state index < -0.39 is 0 Å². The summed E-state index contributed by atoms with van der Waals surface area (Å²) in [4.78, 5) is 28.1. The van der Waals surface area contributed by atoms with Crippen molar-refractivity contribution in [2.75, 3.05) is 37.6 Å². The molecule has 1 saturated heterocycles. The summed E-state index contributed by atoms with van der Waals surface area (Å²) in [5.41, 5.74) is 0.777. The molecule has 25 heavy (non-hydrogen) atoms. The van der Waals surface area contributed by atoms with Gasteiger partial charge in [-0.25, -0.2) is 0 Å². The van der Waals surface area contributed by atoms with Crippen LogP contribution in [-0.2, 0) is 11.3 Å². The zero-order valence-electron chi connectivity index (χ0n) is 13.8. The van der Waals surface area contributed by atoms with Crippen molar-refractivity contribution in [1.29, 1.82) is 0 Å². The van der Waals surface area contributed by atoms with E-state index in [2.05, 4.69) is 10.2 Å². The number of amides is 1. The van der Waals surface area contributed by atoms with E-state index in [9.17, 15) is 14.9 Å². The number of piperazine rings is 1. The first-order valence-electron chi connectivity index (χ1n) is 8.13. The second-order valence-corrected chi connectivity index (χ2v) is 6.90. The lowest BCUT2D eigenvalue weighted by molar-refractivity contribution is -0.384. The lowest BCUT2D eigenvalue weighted by Gasteiger charge is -2.35. The fourth-order valence-corrected chi connectivity index (χ4v) is 3.54. The van der Waals surface area contributed by atoms with E-state index >= 15 is 0 Å². The predicted molar refractivity (Wildman–Crippen MR) is 97.9 cm³/mol. The number of rotatable bonds is 6. The Labute approximate surface area is 150 Å². The summed E-state index contributed by atoms with van der Waals surface area (Å²) in [7, 11) is 0. The molecule has 0 spiro atoms. The second kappa shape index (κ2) is 8.09. The molecule has 8 heteroatoms. The minimum absolute atomic E-state index is 0.00698. The van der Waals surface area contributed by atoms with Gasteiger partial charge in [-0.05, 0) is 17.5 Å². The number of benzene rings is 1. The number of carbonyl (C=O) groups excluding carboxylic acids is 1. The summed E-state index contributed by atoms with van der Waals surface area (Å²) in [5, 5.41) is 16.1. The van der Waals surface area contributed by atoms with Crippen LogP contribution in [0.15, 0.2) is 41.8 Å². The standard InChI is InChI=1S/C17H20N4O3S/c22-17(18-12-14-4-3-11-25-14)13-19-7-9-20(10-8-19)15-5-1-2-6-16(15)21(23)24/h1-6,11H,7-10,12-13H2,(H,18,22). The van der Waals surface area contributed by atoms with Gasteiger partial charge in [-0.3, -0.25) is 19.8 Å². The third-order valence-electron chi connectivity index (χ3n) is 4.20. The average molecular weight is 360 g/mol. The zero-order chi connectivity index (χ0) is 17.6. The van der Waals surface area contributed by atoms with E-state index in [-0.39, 0.29) is 16.5 Å². The Kier molecular flexibility index (Phi) is 5.62. The van der Waals surface area contributed by atoms with E-state index in [1.54, 1.807) is 23.5 Å². The highest BCUT2D eigenvalue weighted by atomic mass is 32.1. The monoisotopic (exact) mass is 360 g/mol. The highest BCUT2D eigenvalue weighted by Gasteiger charge is 2.24. The van der Waals surface area contributed by atoms with Crippen LogP contribution in [0.5, 0.6) is 0 Å². The largest absolute Gasteiger partial charge is 0.363 e. The van der Waals surface area contributed by atoms with Crippen LogP contribution < -0.4 is 10.2 Å². The van der Waals surface area contributed by atoms with Gasteiger partial charge in [-0.1, -0.05) is 18.2 Å². The quantitative estimate of drug-likeness (QED) is 0.630. The highest BCUT2D eigenvalue weighted by molar-refractivity contribution is 7.09. The van der Waals surface area contributed by atoms with E-state index in [0.29, 0.717) is 45.0 Å². The maximum atomic E-state index is 12.1. The Morgan fingerprint density at radius 2 is 1.92 bits per heavy atom. The lowest BCUT2D eigenvalue weighted by Crippen LogP contribution is -2.49. The van der Waals surface area contributed by atoms with Gasteiger partial charge in [0.05, 0.1) is 18.0 Å². The maximum Gasteiger partial charge on any atom is 0.292 e. The number of hydrogen-bond donors (Lipinski definition) is 1. The van der Waals surface area contributed by atoms with Gasteiger partial charge in [-0.2, -0.15) is 0 Å². The molecule has 132 valence electrons. The maximum absolute atomic E-state index is 12.1. The van der Waals surface area contributed by atoms with Crippen molar-refractivity contribution < 1.29 is 9.72 Å². The van der Waals surface area contributed by atoms with Gasteiger partial charge in [-0.15, -0.1) is 11.3 Å². The van der Waals surface area contributed by atoms with E-state index in [1.807, 2.05) is 28.5 Å².